The highest BCUT2D eigenvalue weighted by molar-refractivity contribution is 8.02. The van der Waals surface area contributed by atoms with E-state index in [1.54, 1.807) is 18.0 Å². The quantitative estimate of drug-likeness (QED) is 0.767. The van der Waals surface area contributed by atoms with Crippen molar-refractivity contribution in [3.05, 3.63) is 53.2 Å². The van der Waals surface area contributed by atoms with Crippen molar-refractivity contribution in [2.45, 2.75) is 31.6 Å². The van der Waals surface area contributed by atoms with Gasteiger partial charge in [0.2, 0.25) is 0 Å². The monoisotopic (exact) mass is 275 g/mol. The van der Waals surface area contributed by atoms with Gasteiger partial charge in [0.1, 0.15) is 5.60 Å². The van der Waals surface area contributed by atoms with E-state index < -0.39 is 5.60 Å². The number of allylic oxidation sites excluding steroid dienone is 2. The molecule has 0 spiro atoms. The third kappa shape index (κ3) is 3.70. The number of carbonyl (C=O) groups excluding carboxylic acids is 1. The van der Waals surface area contributed by atoms with Gasteiger partial charge in [-0.3, -0.25) is 0 Å². The van der Waals surface area contributed by atoms with E-state index in [1.807, 2.05) is 50.5 Å². The highest BCUT2D eigenvalue weighted by atomic mass is 32.2. The lowest BCUT2D eigenvalue weighted by molar-refractivity contribution is 0.00617. The van der Waals surface area contributed by atoms with Crippen LogP contribution in [0, 0.1) is 0 Å². The molecule has 1 atom stereocenters. The molecule has 1 aromatic heterocycles. The summed E-state index contributed by atoms with van der Waals surface area (Å²) in [6.45, 7) is 5.56. The second kappa shape index (κ2) is 5.61. The normalized spacial score (nSPS) is 18.4. The average molecular weight is 275 g/mol. The summed E-state index contributed by atoms with van der Waals surface area (Å²) in [6.07, 6.45) is 7.63. The predicted octanol–water partition coefficient (Wildman–Crippen LogP) is 3.89. The Bertz CT molecular complexity index is 529. The van der Waals surface area contributed by atoms with Crippen molar-refractivity contribution in [3.8, 4) is 0 Å². The molecule has 0 radical (unpaired) electrons. The number of rotatable bonds is 2. The molecule has 1 aliphatic heterocycles. The van der Waals surface area contributed by atoms with Crippen molar-refractivity contribution in [1.29, 1.82) is 0 Å². The van der Waals surface area contributed by atoms with Crippen LogP contribution >= 0.6 is 11.8 Å². The molecule has 3 nitrogen and oxygen atoms in total. The SMILES string of the molecule is CC(C)(C)OC(=O)c1ncccc1C1C=CC=CS1. The minimum atomic E-state index is -0.513. The standard InChI is InChI=1S/C15H17NO2S/c1-15(2,3)18-14(17)13-11(7-6-9-16-13)12-8-4-5-10-19-12/h4-10,12H,1-3H3. The first-order valence-electron chi connectivity index (χ1n) is 6.14. The molecule has 2 rings (SSSR count). The van der Waals surface area contributed by atoms with E-state index in [9.17, 15) is 4.79 Å². The summed E-state index contributed by atoms with van der Waals surface area (Å²) in [6, 6.07) is 3.77. The Morgan fingerprint density at radius 2 is 2.16 bits per heavy atom. The predicted molar refractivity (Wildman–Crippen MR) is 78.0 cm³/mol. The maximum atomic E-state index is 12.2. The third-order valence-electron chi connectivity index (χ3n) is 2.44. The van der Waals surface area contributed by atoms with Crippen LogP contribution in [0.5, 0.6) is 0 Å². The van der Waals surface area contributed by atoms with Crippen molar-refractivity contribution < 1.29 is 9.53 Å². The summed E-state index contributed by atoms with van der Waals surface area (Å²) in [5.74, 6) is -0.369. The van der Waals surface area contributed by atoms with Crippen molar-refractivity contribution in [1.82, 2.24) is 4.98 Å². The molecule has 0 bridgehead atoms. The Morgan fingerprint density at radius 1 is 1.37 bits per heavy atom. The molecule has 0 aromatic carbocycles. The van der Waals surface area contributed by atoms with Gasteiger partial charge >= 0.3 is 5.97 Å². The van der Waals surface area contributed by atoms with Crippen molar-refractivity contribution in [2.24, 2.45) is 0 Å². The van der Waals surface area contributed by atoms with Crippen LogP contribution < -0.4 is 0 Å². The Kier molecular flexibility index (Phi) is 4.10. The van der Waals surface area contributed by atoms with E-state index in [1.165, 1.54) is 0 Å². The van der Waals surface area contributed by atoms with Gasteiger partial charge in [-0.2, -0.15) is 0 Å². The maximum absolute atomic E-state index is 12.2. The van der Waals surface area contributed by atoms with Crippen LogP contribution in [0.3, 0.4) is 0 Å². The Hall–Kier alpha value is -1.55. The number of aromatic nitrogens is 1. The number of hydrogen-bond donors (Lipinski definition) is 0. The van der Waals surface area contributed by atoms with E-state index in [0.717, 1.165) is 5.56 Å². The number of esters is 1. The summed E-state index contributed by atoms with van der Waals surface area (Å²) in [4.78, 5) is 16.4. The highest BCUT2D eigenvalue weighted by Crippen LogP contribution is 2.35. The topological polar surface area (TPSA) is 39.2 Å². The molecular weight excluding hydrogens is 258 g/mol. The molecule has 0 aliphatic carbocycles. The lowest BCUT2D eigenvalue weighted by atomic mass is 10.1. The van der Waals surface area contributed by atoms with Gasteiger partial charge in [0, 0.05) is 11.8 Å². The molecule has 0 saturated heterocycles. The minimum absolute atomic E-state index is 0.112. The van der Waals surface area contributed by atoms with Crippen LogP contribution in [0.2, 0.25) is 0 Å². The van der Waals surface area contributed by atoms with E-state index in [0.29, 0.717) is 5.69 Å². The molecule has 0 amide bonds. The van der Waals surface area contributed by atoms with Gasteiger partial charge in [0.15, 0.2) is 5.69 Å². The van der Waals surface area contributed by atoms with Gasteiger partial charge in [-0.05, 0) is 32.2 Å². The van der Waals surface area contributed by atoms with Crippen LogP contribution in [0.15, 0.2) is 42.0 Å². The number of thioether (sulfide) groups is 1. The number of nitrogens with zero attached hydrogens (tertiary/aromatic N) is 1. The molecule has 1 aromatic rings. The van der Waals surface area contributed by atoms with E-state index in [2.05, 4.69) is 11.1 Å². The highest BCUT2D eigenvalue weighted by Gasteiger charge is 2.24. The average Bonchev–Trinajstić information content (AvgIpc) is 2.38. The number of pyridine rings is 1. The number of ether oxygens (including phenoxy) is 1. The summed E-state index contributed by atoms with van der Waals surface area (Å²) < 4.78 is 5.40. The maximum Gasteiger partial charge on any atom is 0.357 e. The van der Waals surface area contributed by atoms with Gasteiger partial charge in [0.05, 0.1) is 5.25 Å². The fraction of sp³-hybridized carbons (Fsp3) is 0.333. The fourth-order valence-electron chi connectivity index (χ4n) is 1.71. The van der Waals surface area contributed by atoms with Crippen molar-refractivity contribution in [2.75, 3.05) is 0 Å². The van der Waals surface area contributed by atoms with Crippen LogP contribution in [-0.4, -0.2) is 16.6 Å². The molecular formula is C15H17NO2S. The Morgan fingerprint density at radius 3 is 2.79 bits per heavy atom. The molecule has 19 heavy (non-hydrogen) atoms. The molecule has 1 aliphatic rings. The molecule has 0 saturated carbocycles. The molecule has 0 fully saturated rings. The molecule has 1 unspecified atom stereocenters. The fourth-order valence-corrected chi connectivity index (χ4v) is 2.58. The lowest BCUT2D eigenvalue weighted by Gasteiger charge is -2.21. The van der Waals surface area contributed by atoms with Crippen LogP contribution in [0.4, 0.5) is 0 Å². The van der Waals surface area contributed by atoms with Gasteiger partial charge in [-0.15, -0.1) is 11.8 Å². The largest absolute Gasteiger partial charge is 0.455 e. The zero-order valence-electron chi connectivity index (χ0n) is 11.3. The van der Waals surface area contributed by atoms with Crippen LogP contribution in [0.25, 0.3) is 0 Å². The van der Waals surface area contributed by atoms with E-state index >= 15 is 0 Å². The van der Waals surface area contributed by atoms with Crippen LogP contribution in [0.1, 0.15) is 42.1 Å². The van der Waals surface area contributed by atoms with Gasteiger partial charge in [-0.1, -0.05) is 24.3 Å². The second-order valence-corrected chi connectivity index (χ2v) is 6.27. The summed E-state index contributed by atoms with van der Waals surface area (Å²) >= 11 is 1.65. The third-order valence-corrected chi connectivity index (χ3v) is 3.46. The van der Waals surface area contributed by atoms with Crippen molar-refractivity contribution in [3.63, 3.8) is 0 Å². The van der Waals surface area contributed by atoms with E-state index in [4.69, 9.17) is 4.74 Å². The zero-order valence-corrected chi connectivity index (χ0v) is 12.1. The Balaban J connectivity index is 2.28. The second-order valence-electron chi connectivity index (χ2n) is 5.21. The molecule has 2 heterocycles. The molecule has 100 valence electrons. The van der Waals surface area contributed by atoms with Crippen molar-refractivity contribution >= 4 is 17.7 Å². The summed E-state index contributed by atoms with van der Waals surface area (Å²) in [5, 5.41) is 2.12. The minimum Gasteiger partial charge on any atom is -0.455 e. The summed E-state index contributed by atoms with van der Waals surface area (Å²) in [7, 11) is 0. The number of carbonyl (C=O) groups is 1. The zero-order chi connectivity index (χ0) is 13.9. The van der Waals surface area contributed by atoms with Crippen LogP contribution in [-0.2, 0) is 4.74 Å². The van der Waals surface area contributed by atoms with Gasteiger partial charge in [-0.25, -0.2) is 9.78 Å². The first kappa shape index (κ1) is 13.9. The Labute approximate surface area is 117 Å². The molecule has 0 N–H and O–H groups in total. The summed E-state index contributed by atoms with van der Waals surface area (Å²) in [5.41, 5.74) is 0.777. The van der Waals surface area contributed by atoms with Gasteiger partial charge < -0.3 is 4.74 Å². The number of hydrogen-bond acceptors (Lipinski definition) is 4. The van der Waals surface area contributed by atoms with Gasteiger partial charge in [0.25, 0.3) is 0 Å². The van der Waals surface area contributed by atoms with E-state index in [-0.39, 0.29) is 11.2 Å². The smallest absolute Gasteiger partial charge is 0.357 e. The first-order valence-corrected chi connectivity index (χ1v) is 7.09. The lowest BCUT2D eigenvalue weighted by Crippen LogP contribution is -2.25. The first-order chi connectivity index (χ1) is 8.97. The molecule has 4 heteroatoms.